The molecule has 1 aromatic carbocycles. The number of hydrogen-bond acceptors (Lipinski definition) is 4. The highest BCUT2D eigenvalue weighted by Gasteiger charge is 2.44. The van der Waals surface area contributed by atoms with Crippen molar-refractivity contribution in [1.29, 1.82) is 0 Å². The number of benzene rings is 1. The Morgan fingerprint density at radius 2 is 1.64 bits per heavy atom. The molecule has 0 spiro atoms. The number of hydrogen-bond donors (Lipinski definition) is 0. The van der Waals surface area contributed by atoms with E-state index in [2.05, 4.69) is 29.2 Å². The maximum absolute atomic E-state index is 12.7. The van der Waals surface area contributed by atoms with E-state index in [0.717, 1.165) is 53.9 Å². The summed E-state index contributed by atoms with van der Waals surface area (Å²) in [5, 5.41) is 0. The van der Waals surface area contributed by atoms with Crippen LogP contribution in [0.5, 0.6) is 0 Å². The van der Waals surface area contributed by atoms with Gasteiger partial charge in [0.2, 0.25) is 0 Å². The van der Waals surface area contributed by atoms with Crippen molar-refractivity contribution in [2.45, 2.75) is 44.4 Å². The van der Waals surface area contributed by atoms with Crippen molar-refractivity contribution in [2.24, 2.45) is 10.9 Å². The molecule has 2 aliphatic carbocycles. The summed E-state index contributed by atoms with van der Waals surface area (Å²) in [7, 11) is 4.02. The van der Waals surface area contributed by atoms with E-state index in [-0.39, 0.29) is 23.4 Å². The molecule has 2 atom stereocenters. The third-order valence-corrected chi connectivity index (χ3v) is 5.68. The van der Waals surface area contributed by atoms with Crippen LogP contribution in [0.3, 0.4) is 0 Å². The van der Waals surface area contributed by atoms with Crippen molar-refractivity contribution in [1.82, 2.24) is 0 Å². The molecular weight excluding hydrogens is 312 g/mol. The van der Waals surface area contributed by atoms with Crippen molar-refractivity contribution in [2.75, 3.05) is 19.0 Å². The van der Waals surface area contributed by atoms with Crippen LogP contribution < -0.4 is 4.90 Å². The topological polar surface area (TPSA) is 49.7 Å². The molecule has 4 nitrogen and oxygen atoms in total. The van der Waals surface area contributed by atoms with Gasteiger partial charge in [0, 0.05) is 55.5 Å². The lowest BCUT2D eigenvalue weighted by atomic mass is 9.67. The number of anilines is 1. The zero-order chi connectivity index (χ0) is 17.6. The average Bonchev–Trinajstić information content (AvgIpc) is 2.60. The highest BCUT2D eigenvalue weighted by molar-refractivity contribution is 6.12. The minimum absolute atomic E-state index is 0.140. The molecule has 1 saturated carbocycles. The summed E-state index contributed by atoms with van der Waals surface area (Å²) in [6.07, 6.45) is 4.69. The first kappa shape index (κ1) is 16.2. The van der Waals surface area contributed by atoms with Crippen molar-refractivity contribution < 1.29 is 9.59 Å². The Morgan fingerprint density at radius 3 is 2.36 bits per heavy atom. The van der Waals surface area contributed by atoms with Crippen molar-refractivity contribution >= 4 is 23.0 Å². The zero-order valence-electron chi connectivity index (χ0n) is 14.9. The van der Waals surface area contributed by atoms with Crippen LogP contribution in [0.4, 0.5) is 5.69 Å². The van der Waals surface area contributed by atoms with Gasteiger partial charge in [-0.2, -0.15) is 0 Å². The summed E-state index contributed by atoms with van der Waals surface area (Å²) in [5.41, 5.74) is 4.95. The Bertz CT molecular complexity index is 787. The van der Waals surface area contributed by atoms with Crippen LogP contribution in [0.15, 0.2) is 40.5 Å². The van der Waals surface area contributed by atoms with Crippen molar-refractivity contribution in [3.8, 4) is 0 Å². The van der Waals surface area contributed by atoms with E-state index in [1.807, 2.05) is 14.1 Å². The molecule has 0 N–H and O–H groups in total. The second-order valence-electron chi connectivity index (χ2n) is 7.50. The monoisotopic (exact) mass is 336 g/mol. The number of aliphatic imine (C=N–C) groups is 1. The zero-order valence-corrected chi connectivity index (χ0v) is 14.9. The number of fused-ring (bicyclic) bond motifs is 1. The molecular formula is C21H24N2O2. The Balaban J connectivity index is 1.83. The summed E-state index contributed by atoms with van der Waals surface area (Å²) < 4.78 is 0. The van der Waals surface area contributed by atoms with E-state index < -0.39 is 0 Å². The minimum atomic E-state index is -0.236. The average molecular weight is 336 g/mol. The Kier molecular flexibility index (Phi) is 4.06. The molecule has 130 valence electrons. The Hall–Kier alpha value is -2.23. The third kappa shape index (κ3) is 2.74. The van der Waals surface area contributed by atoms with Gasteiger partial charge >= 0.3 is 0 Å². The molecule has 25 heavy (non-hydrogen) atoms. The largest absolute Gasteiger partial charge is 0.378 e. The summed E-state index contributed by atoms with van der Waals surface area (Å²) in [6, 6.07) is 8.30. The molecule has 0 amide bonds. The molecule has 0 aromatic heterocycles. The smallest absolute Gasteiger partial charge is 0.161 e. The first-order chi connectivity index (χ1) is 12.1. The summed E-state index contributed by atoms with van der Waals surface area (Å²) in [4.78, 5) is 32.3. The van der Waals surface area contributed by atoms with Crippen LogP contribution in [-0.2, 0) is 9.59 Å². The van der Waals surface area contributed by atoms with Crippen LogP contribution >= 0.6 is 0 Å². The van der Waals surface area contributed by atoms with E-state index in [4.69, 9.17) is 4.99 Å². The number of nitrogens with zero attached hydrogens (tertiary/aromatic N) is 2. The number of ketones is 2. The Labute approximate surface area is 148 Å². The summed E-state index contributed by atoms with van der Waals surface area (Å²) in [6.45, 7) is 0. The second-order valence-corrected chi connectivity index (χ2v) is 7.50. The predicted octanol–water partition coefficient (Wildman–Crippen LogP) is 3.67. The van der Waals surface area contributed by atoms with Crippen LogP contribution in [0, 0.1) is 5.92 Å². The number of carbonyl (C=O) groups excluding carboxylic acids is 2. The molecule has 1 heterocycles. The summed E-state index contributed by atoms with van der Waals surface area (Å²) >= 11 is 0. The number of rotatable bonds is 2. The normalized spacial score (nSPS) is 26.1. The van der Waals surface area contributed by atoms with Gasteiger partial charge in [0.25, 0.3) is 0 Å². The maximum Gasteiger partial charge on any atom is 0.161 e. The van der Waals surface area contributed by atoms with E-state index in [1.165, 1.54) is 0 Å². The van der Waals surface area contributed by atoms with Gasteiger partial charge in [0.15, 0.2) is 5.78 Å². The molecule has 1 aromatic rings. The van der Waals surface area contributed by atoms with Gasteiger partial charge in [0.05, 0.1) is 5.92 Å². The molecule has 0 saturated heterocycles. The van der Waals surface area contributed by atoms with Gasteiger partial charge in [-0.1, -0.05) is 12.1 Å². The highest BCUT2D eigenvalue weighted by Crippen LogP contribution is 2.46. The van der Waals surface area contributed by atoms with Crippen LogP contribution in [0.1, 0.15) is 50.0 Å². The fourth-order valence-electron chi connectivity index (χ4n) is 4.44. The Morgan fingerprint density at radius 1 is 0.920 bits per heavy atom. The first-order valence-corrected chi connectivity index (χ1v) is 9.20. The predicted molar refractivity (Wildman–Crippen MR) is 99.2 cm³/mol. The van der Waals surface area contributed by atoms with Gasteiger partial charge in [-0.25, -0.2) is 0 Å². The second kappa shape index (κ2) is 6.25. The molecule has 0 unspecified atom stereocenters. The number of carbonyl (C=O) groups is 2. The van der Waals surface area contributed by atoms with E-state index in [9.17, 15) is 9.59 Å². The molecule has 4 heteroatoms. The first-order valence-electron chi connectivity index (χ1n) is 9.20. The van der Waals surface area contributed by atoms with Crippen molar-refractivity contribution in [3.63, 3.8) is 0 Å². The standard InChI is InChI=1S/C21H24N2O2/c1-23(2)14-11-9-13(10-12-14)19-20-15(5-3-7-17(20)24)22-16-6-4-8-18(25)21(16)19/h9-12,19-20H,3-8H2,1-2H3/t19-,20-/m0/s1. The highest BCUT2D eigenvalue weighted by atomic mass is 16.1. The third-order valence-electron chi connectivity index (χ3n) is 5.68. The molecule has 1 aliphatic heterocycles. The van der Waals surface area contributed by atoms with E-state index in [0.29, 0.717) is 12.8 Å². The van der Waals surface area contributed by atoms with Crippen LogP contribution in [0.25, 0.3) is 0 Å². The lowest BCUT2D eigenvalue weighted by molar-refractivity contribution is -0.122. The van der Waals surface area contributed by atoms with Gasteiger partial charge in [-0.05, 0) is 43.4 Å². The minimum Gasteiger partial charge on any atom is -0.378 e. The van der Waals surface area contributed by atoms with E-state index >= 15 is 0 Å². The molecule has 1 fully saturated rings. The number of allylic oxidation sites excluding steroid dienone is 2. The maximum atomic E-state index is 12.7. The fourth-order valence-corrected chi connectivity index (χ4v) is 4.44. The fraction of sp³-hybridized carbons (Fsp3) is 0.476. The lowest BCUT2D eigenvalue weighted by Gasteiger charge is -2.38. The lowest BCUT2D eigenvalue weighted by Crippen LogP contribution is -2.39. The van der Waals surface area contributed by atoms with Crippen LogP contribution in [0.2, 0.25) is 0 Å². The van der Waals surface area contributed by atoms with Gasteiger partial charge in [0.1, 0.15) is 5.78 Å². The number of Topliss-reactive ketones (excluding diaryl/α,β-unsaturated/α-hetero) is 2. The quantitative estimate of drug-likeness (QED) is 0.828. The van der Waals surface area contributed by atoms with Crippen LogP contribution in [-0.4, -0.2) is 31.4 Å². The molecule has 0 radical (unpaired) electrons. The van der Waals surface area contributed by atoms with E-state index in [1.54, 1.807) is 0 Å². The SMILES string of the molecule is CN(C)c1ccc([C@@H]2C3=C(CCCC3=O)N=C3CCCC(=O)[C@H]32)cc1. The molecule has 4 rings (SSSR count). The van der Waals surface area contributed by atoms with Gasteiger partial charge in [-0.3, -0.25) is 14.6 Å². The van der Waals surface area contributed by atoms with Gasteiger partial charge < -0.3 is 4.90 Å². The summed E-state index contributed by atoms with van der Waals surface area (Å²) in [5.74, 6) is 0.0554. The molecule has 0 bridgehead atoms. The molecule has 3 aliphatic rings. The van der Waals surface area contributed by atoms with Gasteiger partial charge in [-0.15, -0.1) is 0 Å². The van der Waals surface area contributed by atoms with Crippen molar-refractivity contribution in [3.05, 3.63) is 41.1 Å².